The molecule has 2 unspecified atom stereocenters. The maximum Gasteiger partial charge on any atom is 0.161 e. The van der Waals surface area contributed by atoms with Crippen molar-refractivity contribution < 1.29 is 4.74 Å². The van der Waals surface area contributed by atoms with Gasteiger partial charge in [0.05, 0.1) is 25.0 Å². The first-order chi connectivity index (χ1) is 8.77. The van der Waals surface area contributed by atoms with Crippen LogP contribution in [0.1, 0.15) is 37.9 Å². The molecule has 18 heavy (non-hydrogen) atoms. The lowest BCUT2D eigenvalue weighted by atomic mass is 10.1. The second-order valence-corrected chi connectivity index (χ2v) is 6.05. The van der Waals surface area contributed by atoms with Gasteiger partial charge in [0.2, 0.25) is 0 Å². The highest BCUT2D eigenvalue weighted by Gasteiger charge is 2.31. The number of rotatable bonds is 6. The number of nitrogens with one attached hydrogen (secondary N) is 1. The molecule has 1 aliphatic heterocycles. The standard InChI is InChI=1S/C13H23N3OS/c1-4-7-14-12(11-6-5-8-18-11)13-10(17-3)9-15-16(13)2/h9,11-12,14H,4-8H2,1-3H3. The van der Waals surface area contributed by atoms with Crippen molar-refractivity contribution in [2.45, 2.75) is 37.5 Å². The number of hydrogen-bond donors (Lipinski definition) is 1. The number of ether oxygens (including phenoxy) is 1. The van der Waals surface area contributed by atoms with Gasteiger partial charge in [0.1, 0.15) is 0 Å². The van der Waals surface area contributed by atoms with Crippen molar-refractivity contribution in [3.05, 3.63) is 11.9 Å². The SMILES string of the molecule is CCCNC(c1c(OC)cnn1C)C1CCCS1. The third kappa shape index (κ3) is 2.83. The van der Waals surface area contributed by atoms with Crippen LogP contribution in [0, 0.1) is 0 Å². The molecule has 0 bridgehead atoms. The summed E-state index contributed by atoms with van der Waals surface area (Å²) < 4.78 is 7.40. The van der Waals surface area contributed by atoms with Gasteiger partial charge >= 0.3 is 0 Å². The molecule has 0 amide bonds. The van der Waals surface area contributed by atoms with Crippen LogP contribution >= 0.6 is 11.8 Å². The van der Waals surface area contributed by atoms with Crippen LogP contribution in [0.2, 0.25) is 0 Å². The molecule has 1 N–H and O–H groups in total. The van der Waals surface area contributed by atoms with E-state index in [0.717, 1.165) is 18.7 Å². The zero-order chi connectivity index (χ0) is 13.0. The molecule has 4 nitrogen and oxygen atoms in total. The summed E-state index contributed by atoms with van der Waals surface area (Å²) in [4.78, 5) is 0. The molecular weight excluding hydrogens is 246 g/mol. The minimum Gasteiger partial charge on any atom is -0.493 e. The first kappa shape index (κ1) is 13.7. The minimum absolute atomic E-state index is 0.347. The number of thioether (sulfide) groups is 1. The smallest absolute Gasteiger partial charge is 0.161 e. The lowest BCUT2D eigenvalue weighted by molar-refractivity contribution is 0.389. The topological polar surface area (TPSA) is 39.1 Å². The van der Waals surface area contributed by atoms with E-state index in [1.54, 1.807) is 7.11 Å². The van der Waals surface area contributed by atoms with Gasteiger partial charge in [-0.05, 0) is 31.6 Å². The maximum absolute atomic E-state index is 5.45. The summed E-state index contributed by atoms with van der Waals surface area (Å²) in [5.41, 5.74) is 1.19. The van der Waals surface area contributed by atoms with Crippen molar-refractivity contribution >= 4 is 11.8 Å². The van der Waals surface area contributed by atoms with Gasteiger partial charge in [0.25, 0.3) is 0 Å². The molecule has 1 saturated heterocycles. The van der Waals surface area contributed by atoms with E-state index in [-0.39, 0.29) is 0 Å². The fourth-order valence-electron chi connectivity index (χ4n) is 2.51. The van der Waals surface area contributed by atoms with Gasteiger partial charge in [0.15, 0.2) is 5.75 Å². The van der Waals surface area contributed by atoms with Crippen molar-refractivity contribution in [2.75, 3.05) is 19.4 Å². The predicted molar refractivity (Wildman–Crippen MR) is 76.3 cm³/mol. The predicted octanol–water partition coefficient (Wildman–Crippen LogP) is 2.37. The molecule has 1 aromatic rings. The normalized spacial score (nSPS) is 21.2. The summed E-state index contributed by atoms with van der Waals surface area (Å²) in [6.07, 6.45) is 5.56. The van der Waals surface area contributed by atoms with Crippen molar-refractivity contribution in [2.24, 2.45) is 7.05 Å². The Bertz CT molecular complexity index is 374. The highest BCUT2D eigenvalue weighted by molar-refractivity contribution is 8.00. The Morgan fingerprint density at radius 3 is 3.11 bits per heavy atom. The van der Waals surface area contributed by atoms with E-state index < -0.39 is 0 Å². The summed E-state index contributed by atoms with van der Waals surface area (Å²) in [6.45, 7) is 3.24. The summed E-state index contributed by atoms with van der Waals surface area (Å²) >= 11 is 2.07. The van der Waals surface area contributed by atoms with E-state index in [1.165, 1.54) is 24.3 Å². The highest BCUT2D eigenvalue weighted by Crippen LogP contribution is 2.38. The Labute approximate surface area is 113 Å². The Hall–Kier alpha value is -0.680. The molecule has 1 aromatic heterocycles. The van der Waals surface area contributed by atoms with Crippen molar-refractivity contribution in [3.8, 4) is 5.75 Å². The number of aryl methyl sites for hydroxylation is 1. The summed E-state index contributed by atoms with van der Waals surface area (Å²) in [6, 6.07) is 0.347. The van der Waals surface area contributed by atoms with Crippen LogP contribution in [-0.2, 0) is 7.05 Å². The van der Waals surface area contributed by atoms with E-state index in [1.807, 2.05) is 17.9 Å². The van der Waals surface area contributed by atoms with Gasteiger partial charge in [-0.15, -0.1) is 0 Å². The van der Waals surface area contributed by atoms with Crippen LogP contribution in [0.4, 0.5) is 0 Å². The molecule has 2 heterocycles. The van der Waals surface area contributed by atoms with E-state index >= 15 is 0 Å². The monoisotopic (exact) mass is 269 g/mol. The average molecular weight is 269 g/mol. The largest absolute Gasteiger partial charge is 0.493 e. The molecule has 1 fully saturated rings. The van der Waals surface area contributed by atoms with Crippen LogP contribution in [-0.4, -0.2) is 34.4 Å². The average Bonchev–Trinajstić information content (AvgIpc) is 3.01. The minimum atomic E-state index is 0.347. The Morgan fingerprint density at radius 1 is 1.67 bits per heavy atom. The molecular formula is C13H23N3OS. The zero-order valence-electron chi connectivity index (χ0n) is 11.5. The molecule has 0 aliphatic carbocycles. The number of aromatic nitrogens is 2. The van der Waals surface area contributed by atoms with Gasteiger partial charge in [-0.2, -0.15) is 16.9 Å². The zero-order valence-corrected chi connectivity index (χ0v) is 12.3. The second-order valence-electron chi connectivity index (χ2n) is 4.71. The molecule has 2 atom stereocenters. The van der Waals surface area contributed by atoms with Crippen LogP contribution in [0.15, 0.2) is 6.20 Å². The fraction of sp³-hybridized carbons (Fsp3) is 0.769. The van der Waals surface area contributed by atoms with Gasteiger partial charge in [-0.3, -0.25) is 4.68 Å². The number of methoxy groups -OCH3 is 1. The van der Waals surface area contributed by atoms with E-state index in [9.17, 15) is 0 Å². The number of hydrogen-bond acceptors (Lipinski definition) is 4. The van der Waals surface area contributed by atoms with Crippen LogP contribution in [0.3, 0.4) is 0 Å². The van der Waals surface area contributed by atoms with Crippen LogP contribution < -0.4 is 10.1 Å². The van der Waals surface area contributed by atoms with Crippen molar-refractivity contribution in [3.63, 3.8) is 0 Å². The molecule has 0 saturated carbocycles. The van der Waals surface area contributed by atoms with Crippen LogP contribution in [0.25, 0.3) is 0 Å². The van der Waals surface area contributed by atoms with Gasteiger partial charge in [-0.25, -0.2) is 0 Å². The molecule has 0 spiro atoms. The summed E-state index contributed by atoms with van der Waals surface area (Å²) in [7, 11) is 3.72. The van der Waals surface area contributed by atoms with Crippen LogP contribution in [0.5, 0.6) is 5.75 Å². The first-order valence-corrected chi connectivity index (χ1v) is 7.73. The molecule has 5 heteroatoms. The molecule has 102 valence electrons. The third-order valence-corrected chi connectivity index (χ3v) is 4.88. The van der Waals surface area contributed by atoms with E-state index in [0.29, 0.717) is 11.3 Å². The Balaban J connectivity index is 2.23. The van der Waals surface area contributed by atoms with Gasteiger partial charge in [0, 0.05) is 12.3 Å². The Kier molecular flexibility index (Phi) is 4.95. The summed E-state index contributed by atoms with van der Waals surface area (Å²) in [5, 5.41) is 8.64. The second kappa shape index (κ2) is 6.48. The van der Waals surface area contributed by atoms with Crippen molar-refractivity contribution in [1.82, 2.24) is 15.1 Å². The lowest BCUT2D eigenvalue weighted by Crippen LogP contribution is -2.31. The molecule has 1 aliphatic rings. The number of nitrogens with zero attached hydrogens (tertiary/aromatic N) is 2. The summed E-state index contributed by atoms with van der Waals surface area (Å²) in [5.74, 6) is 2.17. The highest BCUT2D eigenvalue weighted by atomic mass is 32.2. The Morgan fingerprint density at radius 2 is 2.50 bits per heavy atom. The molecule has 0 radical (unpaired) electrons. The maximum atomic E-state index is 5.45. The first-order valence-electron chi connectivity index (χ1n) is 6.68. The van der Waals surface area contributed by atoms with Crippen molar-refractivity contribution in [1.29, 1.82) is 0 Å². The van der Waals surface area contributed by atoms with Gasteiger partial charge in [-0.1, -0.05) is 6.92 Å². The van der Waals surface area contributed by atoms with E-state index in [2.05, 4.69) is 29.1 Å². The van der Waals surface area contributed by atoms with E-state index in [4.69, 9.17) is 4.74 Å². The quantitative estimate of drug-likeness (QED) is 0.860. The lowest BCUT2D eigenvalue weighted by Gasteiger charge is -2.25. The molecule has 2 rings (SSSR count). The third-order valence-electron chi connectivity index (χ3n) is 3.41. The molecule has 0 aromatic carbocycles. The van der Waals surface area contributed by atoms with Gasteiger partial charge < -0.3 is 10.1 Å². The fourth-order valence-corrected chi connectivity index (χ4v) is 3.90.